The first-order valence-electron chi connectivity index (χ1n) is 8.94. The van der Waals surface area contributed by atoms with Crippen LogP contribution in [0, 0.1) is 0 Å². The molecule has 2 heterocycles. The van der Waals surface area contributed by atoms with Crippen LogP contribution in [0.3, 0.4) is 0 Å². The number of piperazine rings is 1. The van der Waals surface area contributed by atoms with E-state index in [9.17, 15) is 14.4 Å². The number of hydrogen-bond acceptors (Lipinski definition) is 5. The van der Waals surface area contributed by atoms with E-state index in [4.69, 9.17) is 0 Å². The van der Waals surface area contributed by atoms with Gasteiger partial charge in [0.25, 0.3) is 5.91 Å². The zero-order valence-corrected chi connectivity index (χ0v) is 16.3. The minimum Gasteiger partial charge on any atom is -0.335 e. The van der Waals surface area contributed by atoms with E-state index in [1.165, 1.54) is 18.3 Å². The molecule has 142 valence electrons. The highest BCUT2D eigenvalue weighted by Gasteiger charge is 2.28. The van der Waals surface area contributed by atoms with Gasteiger partial charge in [-0.1, -0.05) is 18.2 Å². The molecule has 3 rings (SSSR count). The molecule has 1 aliphatic heterocycles. The molecule has 27 heavy (non-hydrogen) atoms. The zero-order valence-electron chi connectivity index (χ0n) is 15.5. The molecule has 1 fully saturated rings. The number of benzene rings is 1. The van der Waals surface area contributed by atoms with E-state index < -0.39 is 0 Å². The van der Waals surface area contributed by atoms with Gasteiger partial charge in [-0.05, 0) is 37.4 Å². The minimum atomic E-state index is -0.315. The number of Topliss-reactive ketones (excluding diaryl/α,β-unsaturated/α-hetero) is 1. The van der Waals surface area contributed by atoms with E-state index in [1.807, 2.05) is 29.3 Å². The third-order valence-electron chi connectivity index (χ3n) is 4.80. The predicted octanol–water partition coefficient (Wildman–Crippen LogP) is 2.74. The van der Waals surface area contributed by atoms with Crippen LogP contribution >= 0.6 is 11.3 Å². The molecule has 0 aliphatic carbocycles. The maximum absolute atomic E-state index is 12.6. The van der Waals surface area contributed by atoms with Crippen LogP contribution in [0.5, 0.6) is 0 Å². The van der Waals surface area contributed by atoms with Crippen molar-refractivity contribution in [3.05, 3.63) is 52.2 Å². The topological polar surface area (TPSA) is 69.7 Å². The number of rotatable bonds is 5. The van der Waals surface area contributed by atoms with Gasteiger partial charge in [0.2, 0.25) is 5.91 Å². The molecule has 7 heteroatoms. The Morgan fingerprint density at radius 2 is 1.81 bits per heavy atom. The van der Waals surface area contributed by atoms with Gasteiger partial charge in [0.05, 0.1) is 10.9 Å². The SMILES string of the molecule is CC(=O)c1cccc(NC(=O)C(C)N2CCN(C(=O)c3cccs3)CC2)c1. The van der Waals surface area contributed by atoms with E-state index in [2.05, 4.69) is 10.2 Å². The summed E-state index contributed by atoms with van der Waals surface area (Å²) in [6, 6.07) is 10.3. The largest absolute Gasteiger partial charge is 0.335 e. The summed E-state index contributed by atoms with van der Waals surface area (Å²) in [6.07, 6.45) is 0. The maximum Gasteiger partial charge on any atom is 0.264 e. The molecule has 0 saturated carbocycles. The van der Waals surface area contributed by atoms with Gasteiger partial charge in [0, 0.05) is 37.4 Å². The molecule has 2 amide bonds. The number of hydrogen-bond donors (Lipinski definition) is 1. The number of carbonyl (C=O) groups excluding carboxylic acids is 3. The minimum absolute atomic E-state index is 0.0364. The second-order valence-corrected chi connectivity index (χ2v) is 7.56. The summed E-state index contributed by atoms with van der Waals surface area (Å²) in [6.45, 7) is 5.88. The second-order valence-electron chi connectivity index (χ2n) is 6.61. The Hall–Kier alpha value is -2.51. The summed E-state index contributed by atoms with van der Waals surface area (Å²) in [5.74, 6) is -0.0952. The number of nitrogens with one attached hydrogen (secondary N) is 1. The van der Waals surface area contributed by atoms with E-state index in [-0.39, 0.29) is 23.6 Å². The predicted molar refractivity (Wildman–Crippen MR) is 106 cm³/mol. The Kier molecular flexibility index (Phi) is 6.03. The number of amides is 2. The maximum atomic E-state index is 12.6. The lowest BCUT2D eigenvalue weighted by molar-refractivity contribution is -0.121. The van der Waals surface area contributed by atoms with Gasteiger partial charge in [-0.25, -0.2) is 0 Å². The van der Waals surface area contributed by atoms with Gasteiger partial charge in [-0.15, -0.1) is 11.3 Å². The van der Waals surface area contributed by atoms with Gasteiger partial charge in [-0.2, -0.15) is 0 Å². The third-order valence-corrected chi connectivity index (χ3v) is 5.66. The molecular weight excluding hydrogens is 362 g/mol. The molecule has 0 bridgehead atoms. The molecule has 1 unspecified atom stereocenters. The van der Waals surface area contributed by atoms with Crippen molar-refractivity contribution in [1.82, 2.24) is 9.80 Å². The Balaban J connectivity index is 1.55. The van der Waals surface area contributed by atoms with Crippen LogP contribution in [0.1, 0.15) is 33.9 Å². The van der Waals surface area contributed by atoms with Crippen LogP contribution in [-0.2, 0) is 4.79 Å². The van der Waals surface area contributed by atoms with Crippen molar-refractivity contribution < 1.29 is 14.4 Å². The van der Waals surface area contributed by atoms with Crippen LogP contribution in [0.15, 0.2) is 41.8 Å². The summed E-state index contributed by atoms with van der Waals surface area (Å²) in [4.78, 5) is 41.1. The molecule has 1 aliphatic rings. The van der Waals surface area contributed by atoms with Crippen molar-refractivity contribution in [3.63, 3.8) is 0 Å². The van der Waals surface area contributed by atoms with Crippen molar-refractivity contribution in [2.24, 2.45) is 0 Å². The van der Waals surface area contributed by atoms with Gasteiger partial charge in [0.15, 0.2) is 5.78 Å². The summed E-state index contributed by atoms with van der Waals surface area (Å²) in [5.41, 5.74) is 1.19. The Morgan fingerprint density at radius 1 is 1.07 bits per heavy atom. The first kappa shape index (κ1) is 19.3. The van der Waals surface area contributed by atoms with Crippen LogP contribution in [0.2, 0.25) is 0 Å². The lowest BCUT2D eigenvalue weighted by atomic mass is 10.1. The average Bonchev–Trinajstić information content (AvgIpc) is 3.22. The molecule has 1 N–H and O–H groups in total. The standard InChI is InChI=1S/C20H23N3O3S/c1-14(19(25)21-17-6-3-5-16(13-17)15(2)24)22-8-10-23(11-9-22)20(26)18-7-4-12-27-18/h3-7,12-14H,8-11H2,1-2H3,(H,21,25). The highest BCUT2D eigenvalue weighted by Crippen LogP contribution is 2.16. The van der Waals surface area contributed by atoms with Gasteiger partial charge in [0.1, 0.15) is 0 Å². The number of carbonyl (C=O) groups is 3. The smallest absolute Gasteiger partial charge is 0.264 e. The first-order valence-corrected chi connectivity index (χ1v) is 9.82. The Bertz CT molecular complexity index is 827. The molecule has 0 radical (unpaired) electrons. The summed E-state index contributed by atoms with van der Waals surface area (Å²) < 4.78 is 0. The van der Waals surface area contributed by atoms with Crippen LogP contribution in [-0.4, -0.2) is 59.6 Å². The first-order chi connectivity index (χ1) is 13.0. The van der Waals surface area contributed by atoms with Crippen LogP contribution in [0.25, 0.3) is 0 Å². The fourth-order valence-corrected chi connectivity index (χ4v) is 3.79. The third kappa shape index (κ3) is 4.61. The highest BCUT2D eigenvalue weighted by molar-refractivity contribution is 7.12. The van der Waals surface area contributed by atoms with E-state index in [0.29, 0.717) is 37.4 Å². The van der Waals surface area contributed by atoms with E-state index >= 15 is 0 Å². The number of thiophene rings is 1. The van der Waals surface area contributed by atoms with Gasteiger partial charge in [-0.3, -0.25) is 19.3 Å². The summed E-state index contributed by atoms with van der Waals surface area (Å²) >= 11 is 1.45. The fraction of sp³-hybridized carbons (Fsp3) is 0.350. The van der Waals surface area contributed by atoms with Gasteiger partial charge >= 0.3 is 0 Å². The molecule has 1 aromatic heterocycles. The summed E-state index contributed by atoms with van der Waals surface area (Å²) in [5, 5.41) is 4.78. The van der Waals surface area contributed by atoms with Crippen molar-refractivity contribution in [2.45, 2.75) is 19.9 Å². The molecular formula is C20H23N3O3S. The second kappa shape index (κ2) is 8.45. The average molecular weight is 385 g/mol. The molecule has 1 aromatic carbocycles. The number of nitrogens with zero attached hydrogens (tertiary/aromatic N) is 2. The summed E-state index contributed by atoms with van der Waals surface area (Å²) in [7, 11) is 0. The number of anilines is 1. The molecule has 2 aromatic rings. The zero-order chi connectivity index (χ0) is 19.4. The molecule has 1 atom stereocenters. The lowest BCUT2D eigenvalue weighted by Crippen LogP contribution is -2.53. The quantitative estimate of drug-likeness (QED) is 0.804. The Labute approximate surface area is 162 Å². The van der Waals surface area contributed by atoms with Crippen LogP contribution < -0.4 is 5.32 Å². The van der Waals surface area contributed by atoms with Crippen LogP contribution in [0.4, 0.5) is 5.69 Å². The van der Waals surface area contributed by atoms with E-state index in [0.717, 1.165) is 4.88 Å². The molecule has 6 nitrogen and oxygen atoms in total. The molecule has 0 spiro atoms. The van der Waals surface area contributed by atoms with E-state index in [1.54, 1.807) is 24.3 Å². The Morgan fingerprint density at radius 3 is 2.44 bits per heavy atom. The van der Waals surface area contributed by atoms with Crippen molar-refractivity contribution >= 4 is 34.6 Å². The van der Waals surface area contributed by atoms with Crippen molar-refractivity contribution in [3.8, 4) is 0 Å². The monoisotopic (exact) mass is 385 g/mol. The normalized spacial score (nSPS) is 16.0. The fourth-order valence-electron chi connectivity index (χ4n) is 3.10. The number of ketones is 1. The highest BCUT2D eigenvalue weighted by atomic mass is 32.1. The molecule has 1 saturated heterocycles. The van der Waals surface area contributed by atoms with Crippen molar-refractivity contribution in [1.29, 1.82) is 0 Å². The van der Waals surface area contributed by atoms with Crippen molar-refractivity contribution in [2.75, 3.05) is 31.5 Å². The van der Waals surface area contributed by atoms with Gasteiger partial charge < -0.3 is 10.2 Å². The lowest BCUT2D eigenvalue weighted by Gasteiger charge is -2.37.